The summed E-state index contributed by atoms with van der Waals surface area (Å²) in [7, 11) is 0.759. The van der Waals surface area contributed by atoms with E-state index in [0.29, 0.717) is 18.0 Å². The smallest absolute Gasteiger partial charge is 0.293 e. The van der Waals surface area contributed by atoms with Crippen molar-refractivity contribution in [2.45, 2.75) is 18.4 Å². The number of anilines is 1. The highest BCUT2D eigenvalue weighted by Gasteiger charge is 2.23. The van der Waals surface area contributed by atoms with Gasteiger partial charge in [0.05, 0.1) is 16.9 Å². The van der Waals surface area contributed by atoms with Gasteiger partial charge in [0.2, 0.25) is 10.0 Å². The van der Waals surface area contributed by atoms with Crippen LogP contribution in [0.2, 0.25) is 0 Å². The van der Waals surface area contributed by atoms with Crippen LogP contribution in [0.25, 0.3) is 0 Å². The molecule has 0 atom stereocenters. The van der Waals surface area contributed by atoms with Gasteiger partial charge < -0.3 is 9.64 Å². The quantitative estimate of drug-likeness (QED) is 0.586. The van der Waals surface area contributed by atoms with Gasteiger partial charge in [0.1, 0.15) is 11.4 Å². The normalized spacial score (nSPS) is 11.2. The number of ether oxygens (including phenoxy) is 1. The van der Waals surface area contributed by atoms with Gasteiger partial charge in [-0.2, -0.15) is 0 Å². The minimum Gasteiger partial charge on any atom is -0.496 e. The number of nitrogens with one attached hydrogen (secondary N) is 1. The maximum absolute atomic E-state index is 11.9. The lowest BCUT2D eigenvalue weighted by Crippen LogP contribution is -2.21. The molecule has 2 aromatic rings. The van der Waals surface area contributed by atoms with E-state index in [-0.39, 0.29) is 10.6 Å². The van der Waals surface area contributed by atoms with E-state index in [1.54, 1.807) is 19.1 Å². The van der Waals surface area contributed by atoms with E-state index in [9.17, 15) is 18.5 Å². The van der Waals surface area contributed by atoms with Crippen LogP contribution in [0.15, 0.2) is 41.3 Å². The van der Waals surface area contributed by atoms with Crippen LogP contribution in [0.5, 0.6) is 5.75 Å². The van der Waals surface area contributed by atoms with Crippen molar-refractivity contribution in [1.29, 1.82) is 0 Å². The second kappa shape index (κ2) is 7.71. The molecular formula is C17H21N3O5S. The van der Waals surface area contributed by atoms with Crippen LogP contribution in [0, 0.1) is 17.0 Å². The first kappa shape index (κ1) is 19.7. The van der Waals surface area contributed by atoms with E-state index < -0.39 is 14.9 Å². The molecule has 0 saturated carbocycles. The maximum atomic E-state index is 11.9. The van der Waals surface area contributed by atoms with Gasteiger partial charge in [-0.3, -0.25) is 10.1 Å². The standard InChI is InChI=1S/C17H21N3O5S/c1-12-5-8-17(25-4)13(9-12)11-19(3)15-7-6-14(26(23,24)18-2)10-16(15)20(21)22/h5-10,18H,11H2,1-4H3. The molecule has 0 heterocycles. The highest BCUT2D eigenvalue weighted by atomic mass is 32.2. The minimum absolute atomic E-state index is 0.156. The number of nitro benzene ring substituents is 1. The van der Waals surface area contributed by atoms with Crippen LogP contribution in [-0.2, 0) is 16.6 Å². The molecule has 0 amide bonds. The second-order valence-electron chi connectivity index (χ2n) is 5.79. The molecule has 0 aliphatic rings. The molecule has 9 heteroatoms. The van der Waals surface area contributed by atoms with Gasteiger partial charge in [-0.15, -0.1) is 0 Å². The molecule has 0 aromatic heterocycles. The Labute approximate surface area is 152 Å². The molecule has 2 rings (SSSR count). The largest absolute Gasteiger partial charge is 0.496 e. The average molecular weight is 379 g/mol. The van der Waals surface area contributed by atoms with Crippen LogP contribution in [0.4, 0.5) is 11.4 Å². The van der Waals surface area contributed by atoms with Gasteiger partial charge in [0.25, 0.3) is 5.69 Å². The van der Waals surface area contributed by atoms with Crippen molar-refractivity contribution >= 4 is 21.4 Å². The first-order valence-corrected chi connectivity index (χ1v) is 9.24. The van der Waals surface area contributed by atoms with E-state index in [4.69, 9.17) is 4.74 Å². The number of aryl methyl sites for hydroxylation is 1. The SMILES string of the molecule is CNS(=O)(=O)c1ccc(N(C)Cc2cc(C)ccc2OC)c([N+](=O)[O-])c1. The summed E-state index contributed by atoms with van der Waals surface area (Å²) in [6.45, 7) is 2.31. The van der Waals surface area contributed by atoms with E-state index >= 15 is 0 Å². The number of hydrogen-bond acceptors (Lipinski definition) is 6. The fraction of sp³-hybridized carbons (Fsp3) is 0.294. The summed E-state index contributed by atoms with van der Waals surface area (Å²) in [6, 6.07) is 9.55. The Morgan fingerprint density at radius 3 is 2.50 bits per heavy atom. The summed E-state index contributed by atoms with van der Waals surface area (Å²) in [5.74, 6) is 0.680. The lowest BCUT2D eigenvalue weighted by Gasteiger charge is -2.21. The van der Waals surface area contributed by atoms with Gasteiger partial charge in [0, 0.05) is 25.2 Å². The van der Waals surface area contributed by atoms with E-state index in [1.165, 1.54) is 19.2 Å². The Kier molecular flexibility index (Phi) is 5.83. The summed E-state index contributed by atoms with van der Waals surface area (Å²) in [4.78, 5) is 12.4. The molecule has 0 unspecified atom stereocenters. The molecule has 140 valence electrons. The number of methoxy groups -OCH3 is 1. The topological polar surface area (TPSA) is 102 Å². The number of nitro groups is 1. The molecule has 0 spiro atoms. The molecule has 2 aromatic carbocycles. The lowest BCUT2D eigenvalue weighted by atomic mass is 10.1. The Morgan fingerprint density at radius 2 is 1.92 bits per heavy atom. The van der Waals surface area contributed by atoms with Gasteiger partial charge in [-0.05, 0) is 32.2 Å². The Balaban J connectivity index is 2.45. The van der Waals surface area contributed by atoms with Crippen molar-refractivity contribution in [2.24, 2.45) is 0 Å². The summed E-state index contributed by atoms with van der Waals surface area (Å²) < 4.78 is 31.3. The molecule has 1 N–H and O–H groups in total. The predicted molar refractivity (Wildman–Crippen MR) is 99.2 cm³/mol. The first-order valence-electron chi connectivity index (χ1n) is 7.76. The minimum atomic E-state index is -3.76. The monoisotopic (exact) mass is 379 g/mol. The van der Waals surface area contributed by atoms with Gasteiger partial charge >= 0.3 is 0 Å². The number of sulfonamides is 1. The Morgan fingerprint density at radius 1 is 1.23 bits per heavy atom. The molecule has 0 saturated heterocycles. The fourth-order valence-electron chi connectivity index (χ4n) is 2.63. The zero-order valence-corrected chi connectivity index (χ0v) is 15.8. The Hall–Kier alpha value is -2.65. The first-order chi connectivity index (χ1) is 12.2. The van der Waals surface area contributed by atoms with Crippen molar-refractivity contribution in [3.8, 4) is 5.75 Å². The van der Waals surface area contributed by atoms with Crippen LogP contribution in [0.1, 0.15) is 11.1 Å². The third-order valence-corrected chi connectivity index (χ3v) is 5.39. The predicted octanol–water partition coefficient (Wildman–Crippen LogP) is 2.46. The summed E-state index contributed by atoms with van der Waals surface area (Å²) in [6.07, 6.45) is 0. The highest BCUT2D eigenvalue weighted by Crippen LogP contribution is 2.32. The molecule has 0 fully saturated rings. The van der Waals surface area contributed by atoms with Crippen molar-refractivity contribution in [3.05, 3.63) is 57.6 Å². The molecule has 26 heavy (non-hydrogen) atoms. The van der Waals surface area contributed by atoms with Crippen LogP contribution in [-0.4, -0.2) is 34.5 Å². The van der Waals surface area contributed by atoms with Crippen LogP contribution < -0.4 is 14.4 Å². The van der Waals surface area contributed by atoms with Gasteiger partial charge in [0.15, 0.2) is 0 Å². The van der Waals surface area contributed by atoms with Crippen molar-refractivity contribution in [2.75, 3.05) is 26.1 Å². The summed E-state index contributed by atoms with van der Waals surface area (Å²) in [5, 5.41) is 11.5. The van der Waals surface area contributed by atoms with Crippen molar-refractivity contribution in [3.63, 3.8) is 0 Å². The zero-order chi connectivity index (χ0) is 19.5. The van der Waals surface area contributed by atoms with Crippen molar-refractivity contribution < 1.29 is 18.1 Å². The molecule has 0 radical (unpaired) electrons. The van der Waals surface area contributed by atoms with E-state index in [1.807, 2.05) is 25.1 Å². The number of nitrogens with zero attached hydrogens (tertiary/aromatic N) is 2. The Bertz CT molecular complexity index is 928. The molecule has 8 nitrogen and oxygen atoms in total. The van der Waals surface area contributed by atoms with Crippen LogP contribution in [0.3, 0.4) is 0 Å². The highest BCUT2D eigenvalue weighted by molar-refractivity contribution is 7.89. The number of hydrogen-bond donors (Lipinski definition) is 1. The van der Waals surface area contributed by atoms with E-state index in [2.05, 4.69) is 4.72 Å². The van der Waals surface area contributed by atoms with E-state index in [0.717, 1.165) is 17.2 Å². The molecule has 0 aliphatic carbocycles. The van der Waals surface area contributed by atoms with Crippen LogP contribution >= 0.6 is 0 Å². The average Bonchev–Trinajstić information content (AvgIpc) is 2.61. The molecule has 0 aliphatic heterocycles. The summed E-state index contributed by atoms with van der Waals surface area (Å²) >= 11 is 0. The third-order valence-electron chi connectivity index (χ3n) is 3.98. The fourth-order valence-corrected chi connectivity index (χ4v) is 3.38. The van der Waals surface area contributed by atoms with Gasteiger partial charge in [-0.25, -0.2) is 13.1 Å². The number of benzene rings is 2. The maximum Gasteiger partial charge on any atom is 0.293 e. The molecular weight excluding hydrogens is 358 g/mol. The van der Waals surface area contributed by atoms with Crippen molar-refractivity contribution in [1.82, 2.24) is 4.72 Å². The lowest BCUT2D eigenvalue weighted by molar-refractivity contribution is -0.384. The zero-order valence-electron chi connectivity index (χ0n) is 15.0. The second-order valence-corrected chi connectivity index (χ2v) is 7.67. The third kappa shape index (κ3) is 4.12. The summed E-state index contributed by atoms with van der Waals surface area (Å²) in [5.41, 5.74) is 1.94. The van der Waals surface area contributed by atoms with Gasteiger partial charge in [-0.1, -0.05) is 17.7 Å². The number of rotatable bonds is 7. The molecule has 0 bridgehead atoms.